The Hall–Kier alpha value is -4.36. The number of hydrogen-bond donors (Lipinski definition) is 1. The number of halogens is 3. The largest absolute Gasteiger partial charge is 0.493 e. The first-order chi connectivity index (χ1) is 21.9. The normalized spacial score (nSPS) is 14.3. The minimum Gasteiger partial charge on any atom is -0.493 e. The van der Waals surface area contributed by atoms with E-state index in [4.69, 9.17) is 36.9 Å². The van der Waals surface area contributed by atoms with Gasteiger partial charge in [-0.2, -0.15) is 8.42 Å². The smallest absolute Gasteiger partial charge is 0.339 e. The predicted molar refractivity (Wildman–Crippen MR) is 176 cm³/mol. The Bertz CT molecular complexity index is 2000. The van der Waals surface area contributed by atoms with Crippen molar-refractivity contribution in [2.45, 2.75) is 18.4 Å². The predicted octanol–water partition coefficient (Wildman–Crippen LogP) is 7.09. The van der Waals surface area contributed by atoms with Gasteiger partial charge in [-0.25, -0.2) is 9.69 Å². The molecule has 1 fully saturated rings. The van der Waals surface area contributed by atoms with Crippen molar-refractivity contribution in [3.63, 3.8) is 0 Å². The average molecular weight is 746 g/mol. The molecule has 10 nitrogen and oxygen atoms in total. The molecule has 1 aliphatic heterocycles. The number of carbonyl (C=O) groups is 3. The summed E-state index contributed by atoms with van der Waals surface area (Å²) in [4.78, 5) is 39.7. The molecule has 4 aromatic rings. The van der Waals surface area contributed by atoms with Crippen LogP contribution in [0.25, 0.3) is 6.08 Å². The van der Waals surface area contributed by atoms with Crippen LogP contribution in [0, 0.1) is 6.92 Å². The summed E-state index contributed by atoms with van der Waals surface area (Å²) in [5, 5.41) is 3.11. The third kappa shape index (κ3) is 7.20. The fourth-order valence-corrected chi connectivity index (χ4v) is 6.38. The van der Waals surface area contributed by atoms with E-state index >= 15 is 0 Å². The second kappa shape index (κ2) is 13.6. The molecule has 0 aliphatic carbocycles. The monoisotopic (exact) mass is 744 g/mol. The number of nitrogens with one attached hydrogen (secondary N) is 1. The minimum absolute atomic E-state index is 0.00369. The van der Waals surface area contributed by atoms with Crippen LogP contribution in [0.4, 0.5) is 10.5 Å². The number of rotatable bonds is 9. The van der Waals surface area contributed by atoms with Gasteiger partial charge in [-0.05, 0) is 95.2 Å². The second-order valence-corrected chi connectivity index (χ2v) is 13.1. The van der Waals surface area contributed by atoms with Gasteiger partial charge in [0.25, 0.3) is 11.8 Å². The number of aryl methyl sites for hydroxylation is 1. The van der Waals surface area contributed by atoms with Gasteiger partial charge in [-0.15, -0.1) is 0 Å². The quantitative estimate of drug-likeness (QED) is 0.109. The first-order valence-corrected chi connectivity index (χ1v) is 16.3. The molecule has 0 atom stereocenters. The molecule has 0 spiro atoms. The third-order valence-corrected chi connectivity index (χ3v) is 9.08. The van der Waals surface area contributed by atoms with E-state index in [0.29, 0.717) is 21.4 Å². The summed E-state index contributed by atoms with van der Waals surface area (Å²) in [6, 6.07) is 19.1. The average Bonchev–Trinajstić information content (AvgIpc) is 3.00. The van der Waals surface area contributed by atoms with Crippen LogP contribution < -0.4 is 23.9 Å². The van der Waals surface area contributed by atoms with Crippen LogP contribution in [0.2, 0.25) is 10.0 Å². The molecule has 0 radical (unpaired) electrons. The number of urea groups is 1. The lowest BCUT2D eigenvalue weighted by Crippen LogP contribution is -2.54. The number of hydrogen-bond acceptors (Lipinski definition) is 8. The Labute approximate surface area is 282 Å². The number of barbiturate groups is 1. The summed E-state index contributed by atoms with van der Waals surface area (Å²) in [6.07, 6.45) is 1.25. The van der Waals surface area contributed by atoms with Gasteiger partial charge in [0.05, 0.1) is 17.3 Å². The molecule has 1 aliphatic rings. The van der Waals surface area contributed by atoms with E-state index in [2.05, 4.69) is 21.2 Å². The lowest BCUT2D eigenvalue weighted by atomic mass is 10.1. The Morgan fingerprint density at radius 1 is 0.935 bits per heavy atom. The highest BCUT2D eigenvalue weighted by atomic mass is 79.9. The molecule has 0 saturated carbocycles. The third-order valence-electron chi connectivity index (χ3n) is 6.67. The minimum atomic E-state index is -4.22. The zero-order chi connectivity index (χ0) is 33.2. The van der Waals surface area contributed by atoms with Crippen LogP contribution >= 0.6 is 39.1 Å². The van der Waals surface area contributed by atoms with Gasteiger partial charge >= 0.3 is 16.1 Å². The SMILES string of the molecule is COc1cc(/C=C2\C(=O)NC(=O)N(c3ccc(OCc4ccc(Cl)cc4Cl)cc3)C2=O)cc(Br)c1OS(=O)(=O)c1ccc(C)cc1. The molecule has 46 heavy (non-hydrogen) atoms. The van der Waals surface area contributed by atoms with E-state index in [1.54, 1.807) is 42.5 Å². The molecule has 4 amide bonds. The number of nitrogens with zero attached hydrogens (tertiary/aromatic N) is 1. The topological polar surface area (TPSA) is 128 Å². The van der Waals surface area contributed by atoms with E-state index in [1.807, 2.05) is 6.92 Å². The number of amides is 4. The van der Waals surface area contributed by atoms with Crippen molar-refractivity contribution >= 4 is 78.9 Å². The summed E-state index contributed by atoms with van der Waals surface area (Å²) < 4.78 is 42.5. The number of imide groups is 2. The summed E-state index contributed by atoms with van der Waals surface area (Å²) in [5.74, 6) is -1.49. The van der Waals surface area contributed by atoms with E-state index < -0.39 is 28.0 Å². The first kappa shape index (κ1) is 33.0. The van der Waals surface area contributed by atoms with Crippen molar-refractivity contribution in [2.75, 3.05) is 12.0 Å². The van der Waals surface area contributed by atoms with Crippen molar-refractivity contribution in [3.05, 3.63) is 116 Å². The maximum absolute atomic E-state index is 13.5. The van der Waals surface area contributed by atoms with E-state index in [-0.39, 0.29) is 44.3 Å². The Balaban J connectivity index is 1.37. The molecular formula is C32H23BrCl2N2O8S. The van der Waals surface area contributed by atoms with Crippen molar-refractivity contribution in [1.82, 2.24) is 5.32 Å². The van der Waals surface area contributed by atoms with E-state index in [9.17, 15) is 22.8 Å². The van der Waals surface area contributed by atoms with Gasteiger partial charge in [-0.3, -0.25) is 14.9 Å². The molecular weight excluding hydrogens is 723 g/mol. The zero-order valence-electron chi connectivity index (χ0n) is 24.0. The van der Waals surface area contributed by atoms with Crippen molar-refractivity contribution in [1.29, 1.82) is 0 Å². The highest BCUT2D eigenvalue weighted by Gasteiger charge is 2.37. The Morgan fingerprint density at radius 3 is 2.28 bits per heavy atom. The van der Waals surface area contributed by atoms with Crippen LogP contribution in [0.1, 0.15) is 16.7 Å². The van der Waals surface area contributed by atoms with Gasteiger partial charge in [0.15, 0.2) is 11.5 Å². The number of ether oxygens (including phenoxy) is 2. The Morgan fingerprint density at radius 2 is 1.63 bits per heavy atom. The van der Waals surface area contributed by atoms with Gasteiger partial charge in [0.2, 0.25) is 0 Å². The lowest BCUT2D eigenvalue weighted by Gasteiger charge is -2.26. The Kier molecular flexibility index (Phi) is 9.73. The van der Waals surface area contributed by atoms with Crippen LogP contribution in [0.3, 0.4) is 0 Å². The van der Waals surface area contributed by atoms with Gasteiger partial charge in [0, 0.05) is 15.6 Å². The molecule has 0 unspecified atom stereocenters. The molecule has 4 aromatic carbocycles. The molecule has 236 valence electrons. The van der Waals surface area contributed by atoms with Crippen molar-refractivity contribution < 1.29 is 36.5 Å². The van der Waals surface area contributed by atoms with Crippen LogP contribution in [-0.4, -0.2) is 33.4 Å². The number of methoxy groups -OCH3 is 1. The van der Waals surface area contributed by atoms with Gasteiger partial charge in [-0.1, -0.05) is 47.0 Å². The van der Waals surface area contributed by atoms with Gasteiger partial charge in [0.1, 0.15) is 22.8 Å². The summed E-state index contributed by atoms with van der Waals surface area (Å²) in [5.41, 5.74) is 1.69. The second-order valence-electron chi connectivity index (χ2n) is 9.86. The molecule has 1 heterocycles. The molecule has 14 heteroatoms. The van der Waals surface area contributed by atoms with Crippen molar-refractivity contribution in [3.8, 4) is 17.2 Å². The summed E-state index contributed by atoms with van der Waals surface area (Å²) in [7, 11) is -2.91. The molecule has 0 bridgehead atoms. The fourth-order valence-electron chi connectivity index (χ4n) is 4.32. The first-order valence-electron chi connectivity index (χ1n) is 13.3. The standard InChI is InChI=1S/C32H23BrCl2N2O8S/c1-18-3-11-24(12-4-18)46(41,42)45-29-26(33)14-19(15-28(29)43-2)13-25-30(38)36-32(40)37(31(25)39)22-7-9-23(10-8-22)44-17-20-5-6-21(34)16-27(20)35/h3-16H,17H2,1-2H3,(H,36,38,40)/b25-13+. The maximum Gasteiger partial charge on any atom is 0.339 e. The van der Waals surface area contributed by atoms with Gasteiger partial charge < -0.3 is 13.7 Å². The van der Waals surface area contributed by atoms with Crippen LogP contribution in [0.5, 0.6) is 17.2 Å². The van der Waals surface area contributed by atoms with Crippen LogP contribution in [0.15, 0.2) is 93.8 Å². The lowest BCUT2D eigenvalue weighted by molar-refractivity contribution is -0.122. The molecule has 0 aromatic heterocycles. The fraction of sp³-hybridized carbons (Fsp3) is 0.0938. The zero-order valence-corrected chi connectivity index (χ0v) is 28.0. The summed E-state index contributed by atoms with van der Waals surface area (Å²) in [6.45, 7) is 1.98. The highest BCUT2D eigenvalue weighted by molar-refractivity contribution is 9.10. The number of anilines is 1. The summed E-state index contributed by atoms with van der Waals surface area (Å²) >= 11 is 15.4. The highest BCUT2D eigenvalue weighted by Crippen LogP contribution is 2.39. The molecule has 5 rings (SSSR count). The molecule has 1 saturated heterocycles. The maximum atomic E-state index is 13.5. The van der Waals surface area contributed by atoms with E-state index in [0.717, 1.165) is 10.5 Å². The van der Waals surface area contributed by atoms with Crippen LogP contribution in [-0.2, 0) is 26.3 Å². The van der Waals surface area contributed by atoms with Crippen molar-refractivity contribution in [2.24, 2.45) is 0 Å². The number of benzene rings is 4. The van der Waals surface area contributed by atoms with E-state index in [1.165, 1.54) is 49.6 Å². The molecule has 1 N–H and O–H groups in total. The number of carbonyl (C=O) groups excluding carboxylic acids is 3.